The Morgan fingerprint density at radius 3 is 3.00 bits per heavy atom. The normalized spacial score (nSPS) is 14.5. The standard InChI is InChI=1S/C10H9NOS/c1-7-11(2)9-5-8(6-12)3-4-10(9)13-7/h3-6H,1H2,2H3. The SMILES string of the molecule is C=C1Sc2ccc(C=O)cc2N1C. The van der Waals surface area contributed by atoms with E-state index in [1.165, 1.54) is 0 Å². The summed E-state index contributed by atoms with van der Waals surface area (Å²) in [4.78, 5) is 13.7. The zero-order valence-electron chi connectivity index (χ0n) is 7.28. The second kappa shape index (κ2) is 2.92. The molecule has 2 rings (SSSR count). The number of carbonyl (C=O) groups excluding carboxylic acids is 1. The van der Waals surface area contributed by atoms with Gasteiger partial charge in [-0.15, -0.1) is 0 Å². The fraction of sp³-hybridized carbons (Fsp3) is 0.100. The maximum Gasteiger partial charge on any atom is 0.150 e. The van der Waals surface area contributed by atoms with E-state index in [1.807, 2.05) is 30.1 Å². The number of nitrogens with zero attached hydrogens (tertiary/aromatic N) is 1. The quantitative estimate of drug-likeness (QED) is 0.636. The molecule has 0 radical (unpaired) electrons. The van der Waals surface area contributed by atoms with Crippen LogP contribution in [0, 0.1) is 0 Å². The van der Waals surface area contributed by atoms with Crippen molar-refractivity contribution in [3.63, 3.8) is 0 Å². The molecule has 0 bridgehead atoms. The minimum Gasteiger partial charge on any atom is -0.339 e. The largest absolute Gasteiger partial charge is 0.339 e. The van der Waals surface area contributed by atoms with Crippen LogP contribution < -0.4 is 4.90 Å². The lowest BCUT2D eigenvalue weighted by Gasteiger charge is -2.11. The third kappa shape index (κ3) is 1.25. The van der Waals surface area contributed by atoms with Crippen molar-refractivity contribution in [1.82, 2.24) is 0 Å². The Hall–Kier alpha value is -1.22. The van der Waals surface area contributed by atoms with E-state index in [9.17, 15) is 4.79 Å². The minimum absolute atomic E-state index is 0.709. The minimum atomic E-state index is 0.709. The molecule has 1 heterocycles. The van der Waals surface area contributed by atoms with E-state index < -0.39 is 0 Å². The monoisotopic (exact) mass is 191 g/mol. The summed E-state index contributed by atoms with van der Waals surface area (Å²) in [5, 5.41) is 0.998. The van der Waals surface area contributed by atoms with Crippen LogP contribution in [-0.2, 0) is 0 Å². The molecule has 3 heteroatoms. The van der Waals surface area contributed by atoms with Gasteiger partial charge < -0.3 is 4.90 Å². The Morgan fingerprint density at radius 1 is 1.54 bits per heavy atom. The van der Waals surface area contributed by atoms with E-state index in [-0.39, 0.29) is 0 Å². The molecule has 1 aromatic rings. The zero-order valence-corrected chi connectivity index (χ0v) is 8.10. The van der Waals surface area contributed by atoms with Crippen LogP contribution in [-0.4, -0.2) is 13.3 Å². The Morgan fingerprint density at radius 2 is 2.31 bits per heavy atom. The molecule has 0 aliphatic carbocycles. The molecule has 0 amide bonds. The van der Waals surface area contributed by atoms with Gasteiger partial charge in [0.2, 0.25) is 0 Å². The van der Waals surface area contributed by atoms with Crippen LogP contribution in [0.1, 0.15) is 10.4 Å². The van der Waals surface area contributed by atoms with Crippen molar-refractivity contribution in [3.8, 4) is 0 Å². The number of hydrogen-bond donors (Lipinski definition) is 0. The fourth-order valence-corrected chi connectivity index (χ4v) is 2.21. The van der Waals surface area contributed by atoms with Gasteiger partial charge in [-0.25, -0.2) is 0 Å². The van der Waals surface area contributed by atoms with E-state index >= 15 is 0 Å². The molecule has 0 N–H and O–H groups in total. The molecular formula is C10H9NOS. The van der Waals surface area contributed by atoms with E-state index in [0.717, 1.165) is 21.9 Å². The zero-order chi connectivity index (χ0) is 9.42. The van der Waals surface area contributed by atoms with E-state index in [1.54, 1.807) is 11.8 Å². The van der Waals surface area contributed by atoms with Gasteiger partial charge in [0.05, 0.1) is 10.7 Å². The van der Waals surface area contributed by atoms with Gasteiger partial charge in [-0.3, -0.25) is 4.79 Å². The third-order valence-electron chi connectivity index (χ3n) is 2.08. The van der Waals surface area contributed by atoms with Crippen molar-refractivity contribution in [2.45, 2.75) is 4.90 Å². The first kappa shape index (κ1) is 8.38. The first-order valence-electron chi connectivity index (χ1n) is 3.92. The summed E-state index contributed by atoms with van der Waals surface area (Å²) in [7, 11) is 1.95. The van der Waals surface area contributed by atoms with Gasteiger partial charge in [0.15, 0.2) is 0 Å². The Bertz CT molecular complexity index is 387. The van der Waals surface area contributed by atoms with E-state index in [4.69, 9.17) is 0 Å². The molecule has 1 aliphatic rings. The molecule has 0 spiro atoms. The molecule has 0 atom stereocenters. The van der Waals surface area contributed by atoms with Crippen LogP contribution in [0.5, 0.6) is 0 Å². The summed E-state index contributed by atoms with van der Waals surface area (Å²) in [5.74, 6) is 0. The van der Waals surface area contributed by atoms with Crippen LogP contribution in [0.25, 0.3) is 0 Å². The summed E-state index contributed by atoms with van der Waals surface area (Å²) >= 11 is 1.63. The number of anilines is 1. The van der Waals surface area contributed by atoms with Crippen molar-refractivity contribution in [2.75, 3.05) is 11.9 Å². The predicted octanol–water partition coefficient (Wildman–Crippen LogP) is 2.51. The van der Waals surface area contributed by atoms with Gasteiger partial charge in [0, 0.05) is 17.5 Å². The molecule has 1 aliphatic heterocycles. The molecule has 0 unspecified atom stereocenters. The number of fused-ring (bicyclic) bond motifs is 1. The van der Waals surface area contributed by atoms with Gasteiger partial charge in [0.1, 0.15) is 6.29 Å². The summed E-state index contributed by atoms with van der Waals surface area (Å²) in [6.07, 6.45) is 0.861. The highest BCUT2D eigenvalue weighted by Gasteiger charge is 2.19. The van der Waals surface area contributed by atoms with Gasteiger partial charge in [-0.05, 0) is 12.1 Å². The molecule has 66 valence electrons. The van der Waals surface area contributed by atoms with Crippen molar-refractivity contribution in [2.24, 2.45) is 0 Å². The maximum absolute atomic E-state index is 10.5. The van der Waals surface area contributed by atoms with Crippen LogP contribution in [0.4, 0.5) is 5.69 Å². The van der Waals surface area contributed by atoms with Gasteiger partial charge in [-0.1, -0.05) is 24.4 Å². The number of thioether (sulfide) groups is 1. The number of carbonyl (C=O) groups is 1. The van der Waals surface area contributed by atoms with Crippen molar-refractivity contribution in [3.05, 3.63) is 35.4 Å². The molecule has 2 nitrogen and oxygen atoms in total. The average molecular weight is 191 g/mol. The average Bonchev–Trinajstić information content (AvgIpc) is 2.43. The second-order valence-electron chi connectivity index (χ2n) is 2.90. The first-order valence-corrected chi connectivity index (χ1v) is 4.74. The Kier molecular flexibility index (Phi) is 1.88. The van der Waals surface area contributed by atoms with Gasteiger partial charge >= 0.3 is 0 Å². The summed E-state index contributed by atoms with van der Waals surface area (Å²) in [5.41, 5.74) is 1.78. The highest BCUT2D eigenvalue weighted by molar-refractivity contribution is 8.03. The summed E-state index contributed by atoms with van der Waals surface area (Å²) in [6.45, 7) is 3.91. The van der Waals surface area contributed by atoms with Crippen LogP contribution in [0.2, 0.25) is 0 Å². The Labute approximate surface area is 81.2 Å². The second-order valence-corrected chi connectivity index (χ2v) is 4.02. The lowest BCUT2D eigenvalue weighted by atomic mass is 10.2. The molecule has 13 heavy (non-hydrogen) atoms. The first-order chi connectivity index (χ1) is 6.22. The number of rotatable bonds is 1. The molecular weight excluding hydrogens is 182 g/mol. The molecule has 1 aromatic carbocycles. The molecule has 0 saturated carbocycles. The lowest BCUT2D eigenvalue weighted by Crippen LogP contribution is -2.08. The van der Waals surface area contributed by atoms with Crippen molar-refractivity contribution in [1.29, 1.82) is 0 Å². The van der Waals surface area contributed by atoms with Crippen molar-refractivity contribution >= 4 is 23.7 Å². The predicted molar refractivity (Wildman–Crippen MR) is 55.2 cm³/mol. The maximum atomic E-state index is 10.5. The topological polar surface area (TPSA) is 20.3 Å². The van der Waals surface area contributed by atoms with E-state index in [0.29, 0.717) is 5.56 Å². The van der Waals surface area contributed by atoms with Gasteiger partial charge in [-0.2, -0.15) is 0 Å². The molecule has 0 aromatic heterocycles. The van der Waals surface area contributed by atoms with Crippen LogP contribution >= 0.6 is 11.8 Å². The highest BCUT2D eigenvalue weighted by Crippen LogP contribution is 2.44. The smallest absolute Gasteiger partial charge is 0.150 e. The Balaban J connectivity index is 2.53. The summed E-state index contributed by atoms with van der Waals surface area (Å²) in [6, 6.07) is 5.66. The highest BCUT2D eigenvalue weighted by atomic mass is 32.2. The number of aldehydes is 1. The fourth-order valence-electron chi connectivity index (χ4n) is 1.29. The van der Waals surface area contributed by atoms with Crippen molar-refractivity contribution < 1.29 is 4.79 Å². The molecule has 0 saturated heterocycles. The van der Waals surface area contributed by atoms with Gasteiger partial charge in [0.25, 0.3) is 0 Å². The molecule has 0 fully saturated rings. The number of benzene rings is 1. The lowest BCUT2D eigenvalue weighted by molar-refractivity contribution is 0.112. The van der Waals surface area contributed by atoms with Crippen LogP contribution in [0.15, 0.2) is 34.7 Å². The third-order valence-corrected chi connectivity index (χ3v) is 3.16. The van der Waals surface area contributed by atoms with Crippen LogP contribution in [0.3, 0.4) is 0 Å². The number of hydrogen-bond acceptors (Lipinski definition) is 3. The summed E-state index contributed by atoms with van der Waals surface area (Å²) < 4.78 is 0. The van der Waals surface area contributed by atoms with E-state index in [2.05, 4.69) is 6.58 Å².